The van der Waals surface area contributed by atoms with Crippen LogP contribution in [0.4, 0.5) is 11.4 Å². The Balaban J connectivity index is 0.000000182. The van der Waals surface area contributed by atoms with Gasteiger partial charge in [-0.15, -0.1) is 0 Å². The largest absolute Gasteiger partial charge is 0.222 e. The van der Waals surface area contributed by atoms with Gasteiger partial charge in [0, 0.05) is 0 Å². The van der Waals surface area contributed by atoms with E-state index in [1.54, 1.807) is 0 Å². The smallest absolute Gasteiger partial charge is 0.100 e. The molecule has 0 amide bonds. The molecule has 2 aromatic rings. The zero-order valence-electron chi connectivity index (χ0n) is 19.6. The maximum atomic E-state index is 4.46. The molecule has 4 heteroatoms. The number of hydrogen-bond donors (Lipinski definition) is 0. The van der Waals surface area contributed by atoms with Gasteiger partial charge in [0.05, 0.1) is 29.5 Å². The van der Waals surface area contributed by atoms with Crippen LogP contribution >= 0.6 is 0 Å². The van der Waals surface area contributed by atoms with Gasteiger partial charge in [-0.05, 0) is 63.8 Å². The van der Waals surface area contributed by atoms with E-state index in [-0.39, 0.29) is 0 Å². The zero-order valence-corrected chi connectivity index (χ0v) is 19.6. The summed E-state index contributed by atoms with van der Waals surface area (Å²) < 4.78 is 0. The van der Waals surface area contributed by atoms with Crippen LogP contribution in [-0.4, -0.2) is 24.1 Å². The van der Waals surface area contributed by atoms with Crippen LogP contribution in [0.3, 0.4) is 0 Å². The fraction of sp³-hybridized carbons (Fsp3) is 0.500. The molecule has 0 radical (unpaired) electrons. The summed E-state index contributed by atoms with van der Waals surface area (Å²) in [5.74, 6) is 0. The Kier molecular flexibility index (Phi) is 10.1. The molecule has 0 saturated heterocycles. The third-order valence-electron chi connectivity index (χ3n) is 6.06. The quantitative estimate of drug-likeness (QED) is 0.440. The number of hydrogen-bond acceptors (Lipinski definition) is 4. The molecule has 4 rings (SSSR count). The molecular formula is C28H36N4. The van der Waals surface area contributed by atoms with Crippen LogP contribution in [0.25, 0.3) is 0 Å². The van der Waals surface area contributed by atoms with Crippen LogP contribution in [0.1, 0.15) is 75.3 Å². The van der Waals surface area contributed by atoms with Gasteiger partial charge in [-0.1, -0.05) is 73.9 Å². The van der Waals surface area contributed by atoms with E-state index in [1.807, 2.05) is 62.4 Å². The molecule has 2 saturated carbocycles. The van der Waals surface area contributed by atoms with Crippen molar-refractivity contribution in [1.29, 1.82) is 0 Å². The average Bonchev–Trinajstić information content (AvgIpc) is 2.83. The zero-order chi connectivity index (χ0) is 22.4. The predicted octanol–water partition coefficient (Wildman–Crippen LogP) is 8.27. The second kappa shape index (κ2) is 13.6. The van der Waals surface area contributed by atoms with Crippen molar-refractivity contribution in [1.82, 2.24) is 0 Å². The molecule has 32 heavy (non-hydrogen) atoms. The summed E-state index contributed by atoms with van der Waals surface area (Å²) in [6.07, 6.45) is 13.2. The van der Waals surface area contributed by atoms with Crippen LogP contribution < -0.4 is 0 Å². The molecule has 0 heterocycles. The fourth-order valence-corrected chi connectivity index (χ4v) is 4.00. The summed E-state index contributed by atoms with van der Waals surface area (Å²) in [5.41, 5.74) is 4.18. The lowest BCUT2D eigenvalue weighted by Gasteiger charge is -2.17. The van der Waals surface area contributed by atoms with Crippen molar-refractivity contribution < 1.29 is 0 Å². The highest BCUT2D eigenvalue weighted by atomic mass is 14.9. The van der Waals surface area contributed by atoms with Gasteiger partial charge >= 0.3 is 0 Å². The molecule has 0 N–H and O–H groups in total. The summed E-state index contributed by atoms with van der Waals surface area (Å²) in [6, 6.07) is 22.6. The van der Waals surface area contributed by atoms with Crippen molar-refractivity contribution >= 4 is 23.4 Å². The highest BCUT2D eigenvalue weighted by molar-refractivity contribution is 5.57. The van der Waals surface area contributed by atoms with Gasteiger partial charge in [0.2, 0.25) is 0 Å². The number of rotatable bonds is 4. The summed E-state index contributed by atoms with van der Waals surface area (Å²) >= 11 is 0. The Hall–Kier alpha value is -2.80. The van der Waals surface area contributed by atoms with E-state index in [9.17, 15) is 0 Å². The molecule has 0 aromatic heterocycles. The molecule has 2 aliphatic rings. The van der Waals surface area contributed by atoms with Gasteiger partial charge in [0.1, 0.15) is 6.01 Å². The fourth-order valence-electron chi connectivity index (χ4n) is 4.00. The topological polar surface area (TPSA) is 49.4 Å². The van der Waals surface area contributed by atoms with Crippen LogP contribution in [0.5, 0.6) is 0 Å². The van der Waals surface area contributed by atoms with Gasteiger partial charge in [-0.25, -0.2) is 9.98 Å². The Morgan fingerprint density at radius 1 is 0.531 bits per heavy atom. The minimum Gasteiger partial charge on any atom is -0.222 e. The molecule has 4 nitrogen and oxygen atoms in total. The number of nitrogens with zero attached hydrogens (tertiary/aromatic N) is 4. The molecule has 0 bridgehead atoms. The third-order valence-corrected chi connectivity index (χ3v) is 6.06. The van der Waals surface area contributed by atoms with Crippen molar-refractivity contribution in [2.45, 2.75) is 90.1 Å². The Morgan fingerprint density at radius 2 is 0.906 bits per heavy atom. The first-order valence-corrected chi connectivity index (χ1v) is 12.1. The van der Waals surface area contributed by atoms with E-state index >= 15 is 0 Å². The van der Waals surface area contributed by atoms with E-state index in [1.165, 1.54) is 75.3 Å². The molecule has 2 aliphatic carbocycles. The molecular weight excluding hydrogens is 392 g/mol. The first kappa shape index (κ1) is 23.9. The lowest BCUT2D eigenvalue weighted by atomic mass is 9.96. The van der Waals surface area contributed by atoms with Crippen molar-refractivity contribution in [2.75, 3.05) is 0 Å². The Morgan fingerprint density at radius 3 is 1.28 bits per heavy atom. The Bertz CT molecular complexity index is 847. The van der Waals surface area contributed by atoms with E-state index in [2.05, 4.69) is 32.0 Å². The molecule has 2 fully saturated rings. The van der Waals surface area contributed by atoms with E-state index in [0.29, 0.717) is 12.1 Å². The lowest BCUT2D eigenvalue weighted by molar-refractivity contribution is 0.438. The summed E-state index contributed by atoms with van der Waals surface area (Å²) in [7, 11) is 0. The summed E-state index contributed by atoms with van der Waals surface area (Å²) in [4.78, 5) is 17.2. The minimum atomic E-state index is 0.533. The third kappa shape index (κ3) is 9.14. The van der Waals surface area contributed by atoms with Gasteiger partial charge in [-0.3, -0.25) is 0 Å². The monoisotopic (exact) mass is 428 g/mol. The maximum Gasteiger partial charge on any atom is 0.100 e. The number of benzene rings is 2. The second-order valence-electron chi connectivity index (χ2n) is 8.94. The lowest BCUT2D eigenvalue weighted by Crippen LogP contribution is -2.10. The second-order valence-corrected chi connectivity index (χ2v) is 8.94. The maximum absolute atomic E-state index is 4.46. The summed E-state index contributed by atoms with van der Waals surface area (Å²) in [6.45, 7) is 4.10. The number of aliphatic imine (C=N–C) groups is 4. The van der Waals surface area contributed by atoms with Crippen molar-refractivity contribution in [3.05, 3.63) is 59.7 Å². The Labute approximate surface area is 193 Å². The van der Waals surface area contributed by atoms with Gasteiger partial charge in [0.25, 0.3) is 0 Å². The SMILES string of the molecule is C(=NC1CCCCC1)=NC1CCCCC1.Cc1ccc(N=C=Nc2ccc(C)cc2)cc1. The molecule has 0 atom stereocenters. The van der Waals surface area contributed by atoms with Crippen LogP contribution in [0.2, 0.25) is 0 Å². The first-order chi connectivity index (χ1) is 15.7. The van der Waals surface area contributed by atoms with Crippen molar-refractivity contribution in [3.8, 4) is 0 Å². The normalized spacial score (nSPS) is 16.6. The highest BCUT2D eigenvalue weighted by Crippen LogP contribution is 2.21. The first-order valence-electron chi connectivity index (χ1n) is 12.1. The van der Waals surface area contributed by atoms with E-state index < -0.39 is 0 Å². The molecule has 0 unspecified atom stereocenters. The van der Waals surface area contributed by atoms with Gasteiger partial charge in [0.15, 0.2) is 0 Å². The molecule has 0 spiro atoms. The van der Waals surface area contributed by atoms with E-state index in [4.69, 9.17) is 0 Å². The predicted molar refractivity (Wildman–Crippen MR) is 135 cm³/mol. The number of aryl methyl sites for hydroxylation is 2. The molecule has 2 aromatic carbocycles. The molecule has 0 aliphatic heterocycles. The van der Waals surface area contributed by atoms with Crippen LogP contribution in [0.15, 0.2) is 68.5 Å². The average molecular weight is 429 g/mol. The van der Waals surface area contributed by atoms with Crippen molar-refractivity contribution in [2.24, 2.45) is 20.0 Å². The molecule has 168 valence electrons. The summed E-state index contributed by atoms with van der Waals surface area (Å²) in [5, 5.41) is 0. The van der Waals surface area contributed by atoms with Crippen molar-refractivity contribution in [3.63, 3.8) is 0 Å². The van der Waals surface area contributed by atoms with Crippen LogP contribution in [0, 0.1) is 13.8 Å². The minimum absolute atomic E-state index is 0.533. The standard InChI is InChI=1S/C15H14N2.C13H22N2/c1-12-3-7-14(8-4-12)16-11-17-15-9-5-13(2)6-10-15;1-3-7-12(8-4-1)14-11-15-13-9-5-2-6-10-13/h3-10H,1-2H3;12-13H,1-10H2. The highest BCUT2D eigenvalue weighted by Gasteiger charge is 2.12. The van der Waals surface area contributed by atoms with E-state index in [0.717, 1.165) is 11.4 Å². The van der Waals surface area contributed by atoms with Gasteiger partial charge < -0.3 is 0 Å². The van der Waals surface area contributed by atoms with Crippen LogP contribution in [-0.2, 0) is 0 Å². The van der Waals surface area contributed by atoms with Gasteiger partial charge in [-0.2, -0.15) is 9.98 Å².